The van der Waals surface area contributed by atoms with Crippen molar-refractivity contribution in [2.24, 2.45) is 5.41 Å². The molecule has 1 atom stereocenters. The second-order valence-corrected chi connectivity index (χ2v) is 7.48. The molecule has 1 aliphatic carbocycles. The number of hydrogen-bond acceptors (Lipinski definition) is 2. The molecule has 1 aromatic rings. The highest BCUT2D eigenvalue weighted by Gasteiger charge is 2.39. The van der Waals surface area contributed by atoms with E-state index in [1.807, 2.05) is 6.20 Å². The zero-order valence-electron chi connectivity index (χ0n) is 13.2. The second kappa shape index (κ2) is 6.61. The third kappa shape index (κ3) is 3.11. The maximum Gasteiger partial charge on any atom is 0.0704 e. The largest absolute Gasteiger partial charge is 0.308 e. The molecule has 0 spiro atoms. The van der Waals surface area contributed by atoms with Crippen LogP contribution >= 0.6 is 15.9 Å². The number of rotatable bonds is 5. The summed E-state index contributed by atoms with van der Waals surface area (Å²) >= 11 is 3.72. The molecule has 1 fully saturated rings. The van der Waals surface area contributed by atoms with Crippen LogP contribution in [0, 0.1) is 5.41 Å². The molecule has 1 unspecified atom stereocenters. The van der Waals surface area contributed by atoms with Crippen LogP contribution in [0.4, 0.5) is 0 Å². The molecular formula is C16H28BrN3. The van der Waals surface area contributed by atoms with Gasteiger partial charge in [0, 0.05) is 6.04 Å². The maximum absolute atomic E-state index is 4.57. The summed E-state index contributed by atoms with van der Waals surface area (Å²) in [6.07, 6.45) is 8.66. The predicted molar refractivity (Wildman–Crippen MR) is 87.9 cm³/mol. The van der Waals surface area contributed by atoms with Crippen molar-refractivity contribution >= 4 is 15.9 Å². The Morgan fingerprint density at radius 2 is 2.00 bits per heavy atom. The van der Waals surface area contributed by atoms with Crippen LogP contribution in [0.25, 0.3) is 0 Å². The van der Waals surface area contributed by atoms with Crippen LogP contribution < -0.4 is 5.32 Å². The van der Waals surface area contributed by atoms with Crippen LogP contribution in [0.15, 0.2) is 10.7 Å². The monoisotopic (exact) mass is 341 g/mol. The lowest BCUT2D eigenvalue weighted by molar-refractivity contribution is 0.138. The third-order valence-corrected chi connectivity index (χ3v) is 5.26. The first-order chi connectivity index (χ1) is 9.49. The van der Waals surface area contributed by atoms with Gasteiger partial charge in [-0.15, -0.1) is 0 Å². The Labute approximate surface area is 131 Å². The molecule has 0 radical (unpaired) electrons. The number of aromatic nitrogens is 2. The maximum atomic E-state index is 4.57. The van der Waals surface area contributed by atoms with Crippen LogP contribution in [0.5, 0.6) is 0 Å². The fourth-order valence-corrected chi connectivity index (χ4v) is 4.06. The molecule has 3 nitrogen and oxygen atoms in total. The fourth-order valence-electron chi connectivity index (χ4n) is 3.56. The van der Waals surface area contributed by atoms with Crippen molar-refractivity contribution in [3.63, 3.8) is 0 Å². The van der Waals surface area contributed by atoms with Crippen molar-refractivity contribution in [1.29, 1.82) is 0 Å². The summed E-state index contributed by atoms with van der Waals surface area (Å²) in [5.74, 6) is 0. The predicted octanol–water partition coefficient (Wildman–Crippen LogP) is 4.85. The smallest absolute Gasteiger partial charge is 0.0704 e. The summed E-state index contributed by atoms with van der Waals surface area (Å²) in [6.45, 7) is 10.0. The van der Waals surface area contributed by atoms with Gasteiger partial charge in [0.25, 0.3) is 0 Å². The number of nitrogens with zero attached hydrogens (tertiary/aromatic N) is 2. The minimum atomic E-state index is 0.337. The molecular weight excluding hydrogens is 314 g/mol. The van der Waals surface area contributed by atoms with Crippen molar-refractivity contribution in [3.8, 4) is 0 Å². The molecule has 1 aliphatic rings. The number of hydrogen-bond donors (Lipinski definition) is 1. The van der Waals surface area contributed by atoms with Gasteiger partial charge in [-0.1, -0.05) is 33.1 Å². The first-order valence-corrected chi connectivity index (χ1v) is 8.75. The van der Waals surface area contributed by atoms with Crippen LogP contribution in [0.2, 0.25) is 0 Å². The molecule has 1 N–H and O–H groups in total. The molecule has 1 saturated carbocycles. The molecule has 20 heavy (non-hydrogen) atoms. The summed E-state index contributed by atoms with van der Waals surface area (Å²) in [5, 5.41) is 8.31. The Balaban J connectivity index is 2.40. The molecule has 0 bridgehead atoms. The summed E-state index contributed by atoms with van der Waals surface area (Å²) in [4.78, 5) is 0. The molecule has 0 amide bonds. The average molecular weight is 342 g/mol. The van der Waals surface area contributed by atoms with Crippen molar-refractivity contribution < 1.29 is 0 Å². The van der Waals surface area contributed by atoms with E-state index < -0.39 is 0 Å². The summed E-state index contributed by atoms with van der Waals surface area (Å²) in [6, 6.07) is 0.775. The van der Waals surface area contributed by atoms with E-state index in [0.717, 1.165) is 11.0 Å². The van der Waals surface area contributed by atoms with Crippen molar-refractivity contribution in [2.45, 2.75) is 71.9 Å². The summed E-state index contributed by atoms with van der Waals surface area (Å²) in [7, 11) is 0. The van der Waals surface area contributed by atoms with Crippen LogP contribution in [0.3, 0.4) is 0 Å². The van der Waals surface area contributed by atoms with E-state index in [9.17, 15) is 0 Å². The second-order valence-electron chi connectivity index (χ2n) is 6.62. The molecule has 0 aromatic carbocycles. The minimum Gasteiger partial charge on any atom is -0.308 e. The molecule has 4 heteroatoms. The molecule has 1 aromatic heterocycles. The summed E-state index contributed by atoms with van der Waals surface area (Å²) in [5.41, 5.74) is 1.66. The standard InChI is InChI=1S/C16H28BrN3/c1-5-18-15(16(4)9-7-6-8-10-16)14-13(17)11-19-20(14)12(2)3/h11-12,15,18H,5-10H2,1-4H3. The van der Waals surface area contributed by atoms with E-state index in [-0.39, 0.29) is 0 Å². The van der Waals surface area contributed by atoms with E-state index in [0.29, 0.717) is 17.5 Å². The zero-order chi connectivity index (χ0) is 14.8. The van der Waals surface area contributed by atoms with E-state index in [1.165, 1.54) is 37.8 Å². The van der Waals surface area contributed by atoms with Crippen LogP contribution in [-0.4, -0.2) is 16.3 Å². The van der Waals surface area contributed by atoms with E-state index in [4.69, 9.17) is 0 Å². The normalized spacial score (nSPS) is 20.3. The van der Waals surface area contributed by atoms with Gasteiger partial charge < -0.3 is 5.32 Å². The van der Waals surface area contributed by atoms with Gasteiger partial charge in [0.2, 0.25) is 0 Å². The Bertz CT molecular complexity index is 433. The van der Waals surface area contributed by atoms with Crippen LogP contribution in [0.1, 0.15) is 77.6 Å². The van der Waals surface area contributed by atoms with Gasteiger partial charge in [-0.25, -0.2) is 0 Å². The topological polar surface area (TPSA) is 29.9 Å². The first-order valence-electron chi connectivity index (χ1n) is 7.96. The first kappa shape index (κ1) is 16.0. The lowest BCUT2D eigenvalue weighted by Crippen LogP contribution is -2.39. The fraction of sp³-hybridized carbons (Fsp3) is 0.812. The van der Waals surface area contributed by atoms with Gasteiger partial charge >= 0.3 is 0 Å². The zero-order valence-corrected chi connectivity index (χ0v) is 14.8. The quantitative estimate of drug-likeness (QED) is 0.829. The van der Waals surface area contributed by atoms with Gasteiger partial charge in [0.05, 0.1) is 22.4 Å². The highest BCUT2D eigenvalue weighted by molar-refractivity contribution is 9.10. The molecule has 2 rings (SSSR count). The minimum absolute atomic E-state index is 0.337. The van der Waals surface area contributed by atoms with Gasteiger partial charge in [0.1, 0.15) is 0 Å². The van der Waals surface area contributed by atoms with E-state index in [2.05, 4.69) is 58.7 Å². The lowest BCUT2D eigenvalue weighted by Gasteiger charge is -2.42. The van der Waals surface area contributed by atoms with Crippen molar-refractivity contribution in [1.82, 2.24) is 15.1 Å². The lowest BCUT2D eigenvalue weighted by atomic mass is 9.69. The Hall–Kier alpha value is -0.350. The van der Waals surface area contributed by atoms with E-state index in [1.54, 1.807) is 0 Å². The molecule has 114 valence electrons. The van der Waals surface area contributed by atoms with Gasteiger partial charge in [-0.3, -0.25) is 4.68 Å². The molecule has 0 saturated heterocycles. The van der Waals surface area contributed by atoms with Gasteiger partial charge in [-0.05, 0) is 54.6 Å². The third-order valence-electron chi connectivity index (χ3n) is 4.65. The number of halogens is 1. The Morgan fingerprint density at radius 1 is 1.35 bits per heavy atom. The molecule has 1 heterocycles. The average Bonchev–Trinajstić information content (AvgIpc) is 2.78. The van der Waals surface area contributed by atoms with Crippen molar-refractivity contribution in [3.05, 3.63) is 16.4 Å². The Kier molecular flexibility index (Phi) is 5.30. The van der Waals surface area contributed by atoms with Crippen LogP contribution in [-0.2, 0) is 0 Å². The highest BCUT2D eigenvalue weighted by Crippen LogP contribution is 2.47. The van der Waals surface area contributed by atoms with Gasteiger partial charge in [-0.2, -0.15) is 5.10 Å². The number of nitrogens with one attached hydrogen (secondary N) is 1. The molecule has 0 aliphatic heterocycles. The highest BCUT2D eigenvalue weighted by atomic mass is 79.9. The van der Waals surface area contributed by atoms with E-state index >= 15 is 0 Å². The van der Waals surface area contributed by atoms with Crippen molar-refractivity contribution in [2.75, 3.05) is 6.54 Å². The van der Waals surface area contributed by atoms with Gasteiger partial charge in [0.15, 0.2) is 0 Å². The Morgan fingerprint density at radius 3 is 2.55 bits per heavy atom. The summed E-state index contributed by atoms with van der Waals surface area (Å²) < 4.78 is 3.32. The SMILES string of the molecule is CCNC(c1c(Br)cnn1C(C)C)C1(C)CCCCC1.